The van der Waals surface area contributed by atoms with Gasteiger partial charge in [0.1, 0.15) is 5.82 Å². The molecule has 1 aliphatic rings. The van der Waals surface area contributed by atoms with Gasteiger partial charge in [-0.3, -0.25) is 24.3 Å². The molecule has 1 aromatic carbocycles. The number of anilines is 1. The van der Waals surface area contributed by atoms with E-state index < -0.39 is 35.1 Å². The predicted octanol–water partition coefficient (Wildman–Crippen LogP) is 3.07. The van der Waals surface area contributed by atoms with Crippen LogP contribution in [0, 0.1) is 19.7 Å². The lowest BCUT2D eigenvalue weighted by Crippen LogP contribution is -2.61. The van der Waals surface area contributed by atoms with Gasteiger partial charge in [-0.1, -0.05) is 6.07 Å². The number of pyridine rings is 1. The normalized spacial score (nSPS) is 19.2. The van der Waals surface area contributed by atoms with Gasteiger partial charge in [0, 0.05) is 18.9 Å². The van der Waals surface area contributed by atoms with E-state index in [0.29, 0.717) is 22.6 Å². The van der Waals surface area contributed by atoms with Crippen molar-refractivity contribution in [2.75, 3.05) is 4.90 Å². The van der Waals surface area contributed by atoms with Crippen molar-refractivity contribution in [3.05, 3.63) is 70.8 Å². The van der Waals surface area contributed by atoms with Gasteiger partial charge in [-0.2, -0.15) is 0 Å². The maximum absolute atomic E-state index is 14.0. The minimum absolute atomic E-state index is 0.0109. The summed E-state index contributed by atoms with van der Waals surface area (Å²) in [7, 11) is 1.57. The van der Waals surface area contributed by atoms with Gasteiger partial charge < -0.3 is 15.4 Å². The molecule has 0 atom stereocenters. The number of carbonyl (C=O) groups is 3. The lowest BCUT2D eigenvalue weighted by molar-refractivity contribution is -0.117. The zero-order valence-electron chi connectivity index (χ0n) is 20.0. The number of benzene rings is 1. The van der Waals surface area contributed by atoms with Gasteiger partial charge in [0.05, 0.1) is 34.3 Å². The minimum Gasteiger partial charge on any atom is -0.393 e. The molecule has 35 heavy (non-hydrogen) atoms. The van der Waals surface area contributed by atoms with Crippen LogP contribution in [0.1, 0.15) is 51.7 Å². The number of rotatable bonds is 6. The number of halogens is 1. The van der Waals surface area contributed by atoms with Gasteiger partial charge >= 0.3 is 5.91 Å². The summed E-state index contributed by atoms with van der Waals surface area (Å²) in [5, 5.41) is 9.99. The van der Waals surface area contributed by atoms with Crippen molar-refractivity contribution in [3.63, 3.8) is 0 Å². The number of carbonyl (C=O) groups excluding carboxylic acids is 3. The van der Waals surface area contributed by atoms with Gasteiger partial charge in [0.2, 0.25) is 0 Å². The van der Waals surface area contributed by atoms with Crippen LogP contribution in [0.15, 0.2) is 42.6 Å². The molecule has 9 heteroatoms. The SMILES string of the molecule is Cc1cc(N(C(=O)C(=O)c2c(C)c(C(N)=O)c(-c3ccccn3)n2C)C2(C)CC(O)C2)ccc1F. The summed E-state index contributed by atoms with van der Waals surface area (Å²) in [5.41, 5.74) is 6.64. The Hall–Kier alpha value is -3.85. The Labute approximate surface area is 202 Å². The molecule has 4 rings (SSSR count). The zero-order chi connectivity index (χ0) is 25.7. The second-order valence-electron chi connectivity index (χ2n) is 9.30. The Balaban J connectivity index is 1.85. The summed E-state index contributed by atoms with van der Waals surface area (Å²) in [5.74, 6) is -2.88. The highest BCUT2D eigenvalue weighted by Gasteiger charge is 2.49. The number of amides is 2. The number of aryl methyl sites for hydroxylation is 1. The average molecular weight is 479 g/mol. The van der Waals surface area contributed by atoms with E-state index in [1.54, 1.807) is 52.2 Å². The van der Waals surface area contributed by atoms with E-state index in [1.165, 1.54) is 27.7 Å². The van der Waals surface area contributed by atoms with Gasteiger partial charge in [0.25, 0.3) is 11.7 Å². The fraction of sp³-hybridized carbons (Fsp3) is 0.308. The second-order valence-corrected chi connectivity index (χ2v) is 9.30. The van der Waals surface area contributed by atoms with E-state index >= 15 is 0 Å². The second kappa shape index (κ2) is 8.74. The lowest BCUT2D eigenvalue weighted by atomic mass is 9.74. The van der Waals surface area contributed by atoms with Crippen LogP contribution >= 0.6 is 0 Å². The van der Waals surface area contributed by atoms with Crippen molar-refractivity contribution in [1.29, 1.82) is 0 Å². The predicted molar refractivity (Wildman–Crippen MR) is 128 cm³/mol. The molecule has 3 N–H and O–H groups in total. The van der Waals surface area contributed by atoms with E-state index in [9.17, 15) is 23.9 Å². The summed E-state index contributed by atoms with van der Waals surface area (Å²) in [4.78, 5) is 45.5. The molecule has 0 aliphatic heterocycles. The fourth-order valence-electron chi connectivity index (χ4n) is 5.04. The Bertz CT molecular complexity index is 1340. The molecule has 0 radical (unpaired) electrons. The van der Waals surface area contributed by atoms with Crippen LogP contribution in [0.3, 0.4) is 0 Å². The largest absolute Gasteiger partial charge is 0.393 e. The number of primary amides is 1. The monoisotopic (exact) mass is 478 g/mol. The number of Topliss-reactive ketones (excluding diaryl/α,β-unsaturated/α-hetero) is 1. The smallest absolute Gasteiger partial charge is 0.301 e. The van der Waals surface area contributed by atoms with E-state index in [4.69, 9.17) is 5.73 Å². The van der Waals surface area contributed by atoms with Crippen LogP contribution < -0.4 is 10.6 Å². The first-order valence-corrected chi connectivity index (χ1v) is 11.2. The molecule has 8 nitrogen and oxygen atoms in total. The molecule has 1 fully saturated rings. The van der Waals surface area contributed by atoms with E-state index in [0.717, 1.165) is 0 Å². The molecular weight excluding hydrogens is 451 g/mol. The molecule has 0 unspecified atom stereocenters. The Morgan fingerprint density at radius 2 is 1.89 bits per heavy atom. The summed E-state index contributed by atoms with van der Waals surface area (Å²) in [6.45, 7) is 4.91. The third kappa shape index (κ3) is 4.01. The number of hydrogen-bond donors (Lipinski definition) is 2. The number of aliphatic hydroxyl groups is 1. The van der Waals surface area contributed by atoms with Gasteiger partial charge in [-0.25, -0.2) is 4.39 Å². The highest BCUT2D eigenvalue weighted by Crippen LogP contribution is 2.41. The van der Waals surface area contributed by atoms with E-state index in [-0.39, 0.29) is 29.7 Å². The topological polar surface area (TPSA) is 119 Å². The van der Waals surface area contributed by atoms with Crippen LogP contribution in [-0.2, 0) is 11.8 Å². The van der Waals surface area contributed by atoms with Crippen molar-refractivity contribution >= 4 is 23.3 Å². The first-order chi connectivity index (χ1) is 16.5. The highest BCUT2D eigenvalue weighted by molar-refractivity contribution is 6.47. The minimum atomic E-state index is -0.849. The number of hydrogen-bond acceptors (Lipinski definition) is 5. The first-order valence-electron chi connectivity index (χ1n) is 11.2. The fourth-order valence-corrected chi connectivity index (χ4v) is 5.04. The molecule has 2 amide bonds. The zero-order valence-corrected chi connectivity index (χ0v) is 20.0. The maximum Gasteiger partial charge on any atom is 0.301 e. The van der Waals surface area contributed by atoms with Crippen molar-refractivity contribution in [2.45, 2.75) is 45.3 Å². The van der Waals surface area contributed by atoms with Crippen LogP contribution in [-0.4, -0.2) is 43.9 Å². The highest BCUT2D eigenvalue weighted by atomic mass is 19.1. The molecule has 0 saturated heterocycles. The van der Waals surface area contributed by atoms with Crippen molar-refractivity contribution in [1.82, 2.24) is 9.55 Å². The summed E-state index contributed by atoms with van der Waals surface area (Å²) < 4.78 is 15.4. The molecule has 2 aromatic heterocycles. The quantitative estimate of drug-likeness (QED) is 0.417. The summed E-state index contributed by atoms with van der Waals surface area (Å²) >= 11 is 0. The molecule has 1 saturated carbocycles. The van der Waals surface area contributed by atoms with Crippen LogP contribution in [0.2, 0.25) is 0 Å². The molecule has 1 aliphatic carbocycles. The lowest BCUT2D eigenvalue weighted by Gasteiger charge is -2.50. The standard InChI is InChI=1S/C26H27FN4O4/c1-14-11-16(8-9-18(14)27)31(26(3)12-17(32)13-26)25(35)23(33)21-15(2)20(24(28)34)22(30(21)4)19-7-5-6-10-29-19/h5-11,17,32H,12-13H2,1-4H3,(H2,28,34). The molecule has 3 aromatic rings. The van der Waals surface area contributed by atoms with E-state index in [1.807, 2.05) is 0 Å². The summed E-state index contributed by atoms with van der Waals surface area (Å²) in [6, 6.07) is 9.32. The molecular formula is C26H27FN4O4. The van der Waals surface area contributed by atoms with Crippen LogP contribution in [0.25, 0.3) is 11.4 Å². The number of nitrogens with zero attached hydrogens (tertiary/aromatic N) is 3. The van der Waals surface area contributed by atoms with Gasteiger partial charge in [0.15, 0.2) is 0 Å². The molecule has 2 heterocycles. The van der Waals surface area contributed by atoms with E-state index in [2.05, 4.69) is 4.98 Å². The number of nitrogens with two attached hydrogens (primary N) is 1. The summed E-state index contributed by atoms with van der Waals surface area (Å²) in [6.07, 6.45) is 1.47. The van der Waals surface area contributed by atoms with Crippen molar-refractivity contribution < 1.29 is 23.9 Å². The molecule has 0 spiro atoms. The number of ketones is 1. The Morgan fingerprint density at radius 3 is 2.43 bits per heavy atom. The average Bonchev–Trinajstić information content (AvgIpc) is 3.05. The number of aliphatic hydroxyl groups excluding tert-OH is 1. The third-order valence-corrected chi connectivity index (χ3v) is 6.69. The van der Waals surface area contributed by atoms with Crippen molar-refractivity contribution in [3.8, 4) is 11.4 Å². The van der Waals surface area contributed by atoms with Crippen molar-refractivity contribution in [2.24, 2.45) is 12.8 Å². The Morgan fingerprint density at radius 1 is 1.20 bits per heavy atom. The van der Waals surface area contributed by atoms with Gasteiger partial charge in [-0.05, 0) is 75.1 Å². The van der Waals surface area contributed by atoms with Crippen LogP contribution in [0.5, 0.6) is 0 Å². The number of aromatic nitrogens is 2. The first kappa shape index (κ1) is 24.3. The molecule has 182 valence electrons. The third-order valence-electron chi connectivity index (χ3n) is 6.69. The maximum atomic E-state index is 14.0. The Kier molecular flexibility index (Phi) is 6.06. The van der Waals surface area contributed by atoms with Crippen LogP contribution in [0.4, 0.5) is 10.1 Å². The molecule has 0 bridgehead atoms. The van der Waals surface area contributed by atoms with Gasteiger partial charge in [-0.15, -0.1) is 0 Å².